The Balaban J connectivity index is 1.91. The Morgan fingerprint density at radius 2 is 1.59 bits per heavy atom. The zero-order valence-corrected chi connectivity index (χ0v) is 13.9. The average Bonchev–Trinajstić information content (AvgIpc) is 2.45. The minimum Gasteiger partial charge on any atom is -0.492 e. The van der Waals surface area contributed by atoms with E-state index < -0.39 is 10.0 Å². The molecule has 2 aromatic carbocycles. The van der Waals surface area contributed by atoms with Crippen molar-refractivity contribution in [2.45, 2.75) is 25.7 Å². The SMILES string of the molecule is Cc1ccc(OCCNS(=O)(=O)c2ccc(C)cc2C)cc1. The van der Waals surface area contributed by atoms with E-state index in [-0.39, 0.29) is 13.2 Å². The van der Waals surface area contributed by atoms with Crippen LogP contribution in [0.15, 0.2) is 47.4 Å². The van der Waals surface area contributed by atoms with Crippen LogP contribution in [0.25, 0.3) is 0 Å². The molecule has 2 aromatic rings. The fourth-order valence-corrected chi connectivity index (χ4v) is 3.40. The van der Waals surface area contributed by atoms with Crippen molar-refractivity contribution in [2.75, 3.05) is 13.2 Å². The van der Waals surface area contributed by atoms with Crippen molar-refractivity contribution in [3.05, 3.63) is 59.2 Å². The van der Waals surface area contributed by atoms with E-state index in [4.69, 9.17) is 4.74 Å². The van der Waals surface area contributed by atoms with Gasteiger partial charge in [0.05, 0.1) is 4.90 Å². The summed E-state index contributed by atoms with van der Waals surface area (Å²) in [5.41, 5.74) is 2.94. The largest absolute Gasteiger partial charge is 0.492 e. The predicted molar refractivity (Wildman–Crippen MR) is 87.8 cm³/mol. The van der Waals surface area contributed by atoms with Gasteiger partial charge in [0.2, 0.25) is 10.0 Å². The summed E-state index contributed by atoms with van der Waals surface area (Å²) in [7, 11) is -3.50. The molecule has 0 spiro atoms. The molecule has 4 nitrogen and oxygen atoms in total. The van der Waals surface area contributed by atoms with Crippen LogP contribution in [0.3, 0.4) is 0 Å². The van der Waals surface area contributed by atoms with Gasteiger partial charge in [0.15, 0.2) is 0 Å². The normalized spacial score (nSPS) is 11.4. The number of benzene rings is 2. The highest BCUT2D eigenvalue weighted by atomic mass is 32.2. The molecule has 118 valence electrons. The first kappa shape index (κ1) is 16.5. The number of nitrogens with one attached hydrogen (secondary N) is 1. The Morgan fingerprint density at radius 3 is 2.23 bits per heavy atom. The maximum atomic E-state index is 12.3. The summed E-state index contributed by atoms with van der Waals surface area (Å²) in [6.07, 6.45) is 0. The van der Waals surface area contributed by atoms with E-state index in [1.165, 1.54) is 0 Å². The molecule has 0 amide bonds. The molecule has 0 aliphatic rings. The summed E-state index contributed by atoms with van der Waals surface area (Å²) < 4.78 is 32.6. The topological polar surface area (TPSA) is 55.4 Å². The number of hydrogen-bond acceptors (Lipinski definition) is 3. The molecule has 0 aliphatic carbocycles. The van der Waals surface area contributed by atoms with Crippen LogP contribution >= 0.6 is 0 Å². The summed E-state index contributed by atoms with van der Waals surface area (Å²) >= 11 is 0. The first-order chi connectivity index (χ1) is 10.4. The van der Waals surface area contributed by atoms with E-state index in [2.05, 4.69) is 4.72 Å². The molecule has 0 aromatic heterocycles. The van der Waals surface area contributed by atoms with E-state index in [1.54, 1.807) is 19.1 Å². The first-order valence-corrected chi connectivity index (χ1v) is 8.63. The molecule has 0 fully saturated rings. The molecule has 0 atom stereocenters. The van der Waals surface area contributed by atoms with Crippen molar-refractivity contribution in [2.24, 2.45) is 0 Å². The predicted octanol–water partition coefficient (Wildman–Crippen LogP) is 2.97. The minimum absolute atomic E-state index is 0.226. The second kappa shape index (κ2) is 6.94. The third-order valence-corrected chi connectivity index (χ3v) is 4.93. The van der Waals surface area contributed by atoms with E-state index in [0.29, 0.717) is 4.90 Å². The first-order valence-electron chi connectivity index (χ1n) is 7.15. The highest BCUT2D eigenvalue weighted by molar-refractivity contribution is 7.89. The van der Waals surface area contributed by atoms with Gasteiger partial charge in [-0.2, -0.15) is 0 Å². The zero-order valence-electron chi connectivity index (χ0n) is 13.1. The van der Waals surface area contributed by atoms with Gasteiger partial charge >= 0.3 is 0 Å². The van der Waals surface area contributed by atoms with Crippen molar-refractivity contribution in [1.29, 1.82) is 0 Å². The van der Waals surface area contributed by atoms with Crippen LogP contribution in [0, 0.1) is 20.8 Å². The smallest absolute Gasteiger partial charge is 0.240 e. The van der Waals surface area contributed by atoms with E-state index >= 15 is 0 Å². The lowest BCUT2D eigenvalue weighted by Gasteiger charge is -2.11. The standard InChI is InChI=1S/C17H21NO3S/c1-13-4-7-16(8-5-13)21-11-10-18-22(19,20)17-9-6-14(2)12-15(17)3/h4-9,12,18H,10-11H2,1-3H3. The lowest BCUT2D eigenvalue weighted by atomic mass is 10.2. The van der Waals surface area contributed by atoms with Crippen LogP contribution in [0.2, 0.25) is 0 Å². The fraction of sp³-hybridized carbons (Fsp3) is 0.294. The van der Waals surface area contributed by atoms with Gasteiger partial charge in [0.1, 0.15) is 12.4 Å². The third-order valence-electron chi connectivity index (χ3n) is 3.30. The van der Waals surface area contributed by atoms with Gasteiger partial charge in [-0.1, -0.05) is 35.4 Å². The van der Waals surface area contributed by atoms with Gasteiger partial charge in [-0.25, -0.2) is 13.1 Å². The molecule has 2 rings (SSSR count). The van der Waals surface area contributed by atoms with Crippen LogP contribution < -0.4 is 9.46 Å². The van der Waals surface area contributed by atoms with Crippen LogP contribution in [-0.4, -0.2) is 21.6 Å². The van der Waals surface area contributed by atoms with E-state index in [1.807, 2.05) is 44.2 Å². The number of hydrogen-bond donors (Lipinski definition) is 1. The Hall–Kier alpha value is -1.85. The molecule has 0 aliphatic heterocycles. The zero-order chi connectivity index (χ0) is 16.2. The van der Waals surface area contributed by atoms with Gasteiger partial charge in [0.25, 0.3) is 0 Å². The summed E-state index contributed by atoms with van der Waals surface area (Å²) in [5.74, 6) is 0.733. The van der Waals surface area contributed by atoms with Crippen molar-refractivity contribution in [3.8, 4) is 5.75 Å². The van der Waals surface area contributed by atoms with Gasteiger partial charge in [0, 0.05) is 6.54 Å². The molecular weight excluding hydrogens is 298 g/mol. The summed E-state index contributed by atoms with van der Waals surface area (Å²) in [6, 6.07) is 12.9. The van der Waals surface area contributed by atoms with Crippen molar-refractivity contribution >= 4 is 10.0 Å². The van der Waals surface area contributed by atoms with Crippen LogP contribution in [0.4, 0.5) is 0 Å². The quantitative estimate of drug-likeness (QED) is 0.833. The molecule has 0 saturated carbocycles. The number of ether oxygens (including phenoxy) is 1. The monoisotopic (exact) mass is 319 g/mol. The van der Waals surface area contributed by atoms with E-state index in [9.17, 15) is 8.42 Å². The lowest BCUT2D eigenvalue weighted by Crippen LogP contribution is -2.28. The maximum Gasteiger partial charge on any atom is 0.240 e. The van der Waals surface area contributed by atoms with Crippen LogP contribution in [0.5, 0.6) is 5.75 Å². The fourth-order valence-electron chi connectivity index (χ4n) is 2.16. The highest BCUT2D eigenvalue weighted by Gasteiger charge is 2.15. The Labute approximate surface area is 132 Å². The van der Waals surface area contributed by atoms with Crippen molar-refractivity contribution in [1.82, 2.24) is 4.72 Å². The van der Waals surface area contributed by atoms with Gasteiger partial charge in [-0.05, 0) is 44.5 Å². The number of rotatable bonds is 6. The number of aryl methyl sites for hydroxylation is 3. The van der Waals surface area contributed by atoms with Gasteiger partial charge in [-0.3, -0.25) is 0 Å². The maximum absolute atomic E-state index is 12.3. The Bertz CT molecular complexity index is 737. The number of sulfonamides is 1. The molecule has 0 radical (unpaired) electrons. The van der Waals surface area contributed by atoms with Crippen LogP contribution in [0.1, 0.15) is 16.7 Å². The van der Waals surface area contributed by atoms with Gasteiger partial charge in [-0.15, -0.1) is 0 Å². The molecule has 0 heterocycles. The summed E-state index contributed by atoms with van der Waals surface area (Å²) in [6.45, 7) is 6.25. The molecule has 22 heavy (non-hydrogen) atoms. The van der Waals surface area contributed by atoms with E-state index in [0.717, 1.165) is 22.4 Å². The van der Waals surface area contributed by atoms with Crippen molar-refractivity contribution < 1.29 is 13.2 Å². The molecule has 1 N–H and O–H groups in total. The van der Waals surface area contributed by atoms with Crippen molar-refractivity contribution in [3.63, 3.8) is 0 Å². The summed E-state index contributed by atoms with van der Waals surface area (Å²) in [5, 5.41) is 0. The average molecular weight is 319 g/mol. The molecule has 0 bridgehead atoms. The Kier molecular flexibility index (Phi) is 5.21. The lowest BCUT2D eigenvalue weighted by molar-refractivity contribution is 0.323. The molecule has 0 unspecified atom stereocenters. The molecular formula is C17H21NO3S. The second-order valence-corrected chi connectivity index (χ2v) is 7.06. The highest BCUT2D eigenvalue weighted by Crippen LogP contribution is 2.16. The molecule has 5 heteroatoms. The van der Waals surface area contributed by atoms with Crippen LogP contribution in [-0.2, 0) is 10.0 Å². The summed E-state index contributed by atoms with van der Waals surface area (Å²) in [4.78, 5) is 0.313. The third kappa shape index (κ3) is 4.32. The second-order valence-electron chi connectivity index (χ2n) is 5.33. The Morgan fingerprint density at radius 1 is 0.955 bits per heavy atom. The van der Waals surface area contributed by atoms with Gasteiger partial charge < -0.3 is 4.74 Å². The molecule has 0 saturated heterocycles. The minimum atomic E-state index is -3.50.